The fourth-order valence-electron chi connectivity index (χ4n) is 4.20. The van der Waals surface area contributed by atoms with E-state index in [9.17, 15) is 5.11 Å². The molecule has 3 heterocycles. The van der Waals surface area contributed by atoms with E-state index in [1.54, 1.807) is 6.33 Å². The minimum atomic E-state index is 0.116. The highest BCUT2D eigenvalue weighted by Gasteiger charge is 2.24. The Hall–Kier alpha value is -2.14. The van der Waals surface area contributed by atoms with Crippen molar-refractivity contribution in [2.45, 2.75) is 38.7 Å². The SMILES string of the molecule is OCc1cccc(C[C@@H]2CCN(c3cc(N4CCCCC4)ncn3)C2)c1. The highest BCUT2D eigenvalue weighted by Crippen LogP contribution is 2.27. The first-order valence-corrected chi connectivity index (χ1v) is 9.82. The number of aliphatic hydroxyl groups is 1. The predicted molar refractivity (Wildman–Crippen MR) is 104 cm³/mol. The molecule has 0 unspecified atom stereocenters. The van der Waals surface area contributed by atoms with Crippen molar-refractivity contribution >= 4 is 11.6 Å². The Balaban J connectivity index is 1.40. The van der Waals surface area contributed by atoms with Gasteiger partial charge in [0.2, 0.25) is 0 Å². The summed E-state index contributed by atoms with van der Waals surface area (Å²) in [7, 11) is 0. The van der Waals surface area contributed by atoms with Crippen LogP contribution in [0.25, 0.3) is 0 Å². The number of anilines is 2. The second-order valence-corrected chi connectivity index (χ2v) is 7.57. The van der Waals surface area contributed by atoms with Gasteiger partial charge in [0, 0.05) is 32.2 Å². The van der Waals surface area contributed by atoms with Gasteiger partial charge in [-0.2, -0.15) is 0 Å². The van der Waals surface area contributed by atoms with Gasteiger partial charge in [-0.1, -0.05) is 24.3 Å². The van der Waals surface area contributed by atoms with E-state index in [4.69, 9.17) is 0 Å². The van der Waals surface area contributed by atoms with Gasteiger partial charge in [-0.25, -0.2) is 9.97 Å². The van der Waals surface area contributed by atoms with E-state index in [1.165, 1.54) is 31.2 Å². The van der Waals surface area contributed by atoms with E-state index in [0.29, 0.717) is 5.92 Å². The van der Waals surface area contributed by atoms with Crippen LogP contribution in [0, 0.1) is 5.92 Å². The first-order valence-electron chi connectivity index (χ1n) is 9.82. The van der Waals surface area contributed by atoms with Gasteiger partial charge < -0.3 is 14.9 Å². The largest absolute Gasteiger partial charge is 0.392 e. The molecule has 0 aliphatic carbocycles. The second-order valence-electron chi connectivity index (χ2n) is 7.57. The van der Waals surface area contributed by atoms with E-state index < -0.39 is 0 Å². The van der Waals surface area contributed by atoms with Crippen LogP contribution in [0.2, 0.25) is 0 Å². The Morgan fingerprint density at radius 2 is 1.69 bits per heavy atom. The smallest absolute Gasteiger partial charge is 0.134 e. The first kappa shape index (κ1) is 17.3. The van der Waals surface area contributed by atoms with E-state index in [1.807, 2.05) is 12.1 Å². The number of hydrogen-bond donors (Lipinski definition) is 1. The number of aliphatic hydroxyl groups excluding tert-OH is 1. The average Bonchev–Trinajstić information content (AvgIpc) is 3.17. The molecule has 0 amide bonds. The van der Waals surface area contributed by atoms with Crippen molar-refractivity contribution in [3.63, 3.8) is 0 Å². The molecule has 5 heteroatoms. The summed E-state index contributed by atoms with van der Waals surface area (Å²) < 4.78 is 0. The molecule has 0 saturated carbocycles. The lowest BCUT2D eigenvalue weighted by atomic mass is 9.97. The Morgan fingerprint density at radius 1 is 0.923 bits per heavy atom. The molecule has 0 spiro atoms. The molecular weight excluding hydrogens is 324 g/mol. The maximum atomic E-state index is 9.32. The average molecular weight is 352 g/mol. The van der Waals surface area contributed by atoms with Gasteiger partial charge in [-0.05, 0) is 49.1 Å². The standard InChI is InChI=1S/C21H28N4O/c26-15-19-6-4-5-17(12-19)11-18-7-10-25(14-18)21-13-20(22-16-23-21)24-8-2-1-3-9-24/h4-6,12-13,16,18,26H,1-3,7-11,14-15H2/t18-/m0/s1. The Labute approximate surface area is 155 Å². The van der Waals surface area contributed by atoms with Crippen LogP contribution in [0.4, 0.5) is 11.6 Å². The van der Waals surface area contributed by atoms with Crippen LogP contribution in [0.3, 0.4) is 0 Å². The second kappa shape index (κ2) is 8.04. The molecule has 1 aromatic heterocycles. The number of rotatable bonds is 5. The third kappa shape index (κ3) is 3.98. The number of piperidine rings is 1. The lowest BCUT2D eigenvalue weighted by Crippen LogP contribution is -2.30. The summed E-state index contributed by atoms with van der Waals surface area (Å²) in [5, 5.41) is 9.32. The molecule has 2 fully saturated rings. The molecular formula is C21H28N4O. The van der Waals surface area contributed by atoms with E-state index in [2.05, 4.69) is 38.0 Å². The molecule has 2 aromatic rings. The maximum absolute atomic E-state index is 9.32. The Bertz CT molecular complexity index is 729. The van der Waals surface area contributed by atoms with Gasteiger partial charge in [-0.3, -0.25) is 0 Å². The number of hydrogen-bond acceptors (Lipinski definition) is 5. The normalized spacial score (nSPS) is 20.6. The number of aromatic nitrogens is 2. The Morgan fingerprint density at radius 3 is 2.50 bits per heavy atom. The minimum absolute atomic E-state index is 0.116. The molecule has 2 saturated heterocycles. The zero-order valence-electron chi connectivity index (χ0n) is 15.3. The van der Waals surface area contributed by atoms with Crippen LogP contribution in [0.1, 0.15) is 36.8 Å². The van der Waals surface area contributed by atoms with Crippen molar-refractivity contribution in [2.75, 3.05) is 36.0 Å². The molecule has 0 radical (unpaired) electrons. The van der Waals surface area contributed by atoms with Crippen LogP contribution < -0.4 is 9.80 Å². The lowest BCUT2D eigenvalue weighted by molar-refractivity contribution is 0.281. The molecule has 26 heavy (non-hydrogen) atoms. The van der Waals surface area contributed by atoms with Gasteiger partial charge in [0.1, 0.15) is 18.0 Å². The van der Waals surface area contributed by atoms with Crippen molar-refractivity contribution in [1.29, 1.82) is 0 Å². The van der Waals surface area contributed by atoms with Gasteiger partial charge in [-0.15, -0.1) is 0 Å². The molecule has 5 nitrogen and oxygen atoms in total. The zero-order chi connectivity index (χ0) is 17.8. The molecule has 2 aliphatic rings. The van der Waals surface area contributed by atoms with Crippen LogP contribution in [0.15, 0.2) is 36.7 Å². The summed E-state index contributed by atoms with van der Waals surface area (Å²) in [4.78, 5) is 13.8. The van der Waals surface area contributed by atoms with Crippen molar-refractivity contribution in [3.8, 4) is 0 Å². The third-order valence-corrected chi connectivity index (χ3v) is 5.63. The third-order valence-electron chi connectivity index (χ3n) is 5.63. The minimum Gasteiger partial charge on any atom is -0.392 e. The van der Waals surface area contributed by atoms with E-state index >= 15 is 0 Å². The highest BCUT2D eigenvalue weighted by atomic mass is 16.3. The molecule has 138 valence electrons. The van der Waals surface area contributed by atoms with Gasteiger partial charge in [0.05, 0.1) is 6.61 Å². The molecule has 1 N–H and O–H groups in total. The van der Waals surface area contributed by atoms with Crippen molar-refractivity contribution in [2.24, 2.45) is 5.92 Å². The fourth-order valence-corrected chi connectivity index (χ4v) is 4.20. The van der Waals surface area contributed by atoms with Crippen LogP contribution in [0.5, 0.6) is 0 Å². The monoisotopic (exact) mass is 352 g/mol. The van der Waals surface area contributed by atoms with Gasteiger partial charge in [0.15, 0.2) is 0 Å². The predicted octanol–water partition coefficient (Wildman–Crippen LogP) is 3.03. The van der Waals surface area contributed by atoms with E-state index in [0.717, 1.165) is 49.8 Å². The van der Waals surface area contributed by atoms with Crippen LogP contribution in [-0.4, -0.2) is 41.3 Å². The first-order chi connectivity index (χ1) is 12.8. The van der Waals surface area contributed by atoms with Gasteiger partial charge >= 0.3 is 0 Å². The maximum Gasteiger partial charge on any atom is 0.134 e. The van der Waals surface area contributed by atoms with Crippen molar-refractivity contribution in [1.82, 2.24) is 9.97 Å². The summed E-state index contributed by atoms with van der Waals surface area (Å²) in [6.45, 7) is 4.44. The number of benzene rings is 1. The van der Waals surface area contributed by atoms with Crippen LogP contribution in [-0.2, 0) is 13.0 Å². The van der Waals surface area contributed by atoms with Crippen molar-refractivity contribution < 1.29 is 5.11 Å². The van der Waals surface area contributed by atoms with E-state index in [-0.39, 0.29) is 6.61 Å². The molecule has 4 rings (SSSR count). The lowest BCUT2D eigenvalue weighted by Gasteiger charge is -2.28. The summed E-state index contributed by atoms with van der Waals surface area (Å²) >= 11 is 0. The van der Waals surface area contributed by atoms with Gasteiger partial charge in [0.25, 0.3) is 0 Å². The summed E-state index contributed by atoms with van der Waals surface area (Å²) in [5.41, 5.74) is 2.32. The zero-order valence-corrected chi connectivity index (χ0v) is 15.3. The summed E-state index contributed by atoms with van der Waals surface area (Å²) in [6, 6.07) is 10.5. The van der Waals surface area contributed by atoms with Crippen LogP contribution >= 0.6 is 0 Å². The summed E-state index contributed by atoms with van der Waals surface area (Å²) in [5.74, 6) is 2.78. The Kier molecular flexibility index (Phi) is 5.34. The quantitative estimate of drug-likeness (QED) is 0.896. The molecule has 2 aliphatic heterocycles. The number of nitrogens with zero attached hydrogens (tertiary/aromatic N) is 4. The highest BCUT2D eigenvalue weighted by molar-refractivity contribution is 5.51. The molecule has 1 aromatic carbocycles. The summed E-state index contributed by atoms with van der Waals surface area (Å²) in [6.07, 6.45) is 7.83. The molecule has 1 atom stereocenters. The fraction of sp³-hybridized carbons (Fsp3) is 0.524. The topological polar surface area (TPSA) is 52.5 Å². The molecule has 0 bridgehead atoms. The van der Waals surface area contributed by atoms with Crippen molar-refractivity contribution in [3.05, 3.63) is 47.8 Å².